The molecule has 0 aliphatic heterocycles. The van der Waals surface area contributed by atoms with E-state index in [1.165, 1.54) is 150 Å². The molecular weight excluding hydrogens is 1350 g/mol. The van der Waals surface area contributed by atoms with Crippen molar-refractivity contribution in [2.45, 2.75) is 233 Å². The summed E-state index contributed by atoms with van der Waals surface area (Å²) in [7, 11) is 0. The Kier molecular flexibility index (Phi) is 41.1. The largest absolute Gasteiger partial charge is 0.508 e. The number of hydrogen-bond donors (Lipinski definition) is 1. The van der Waals surface area contributed by atoms with Crippen molar-refractivity contribution in [1.29, 1.82) is 0 Å². The lowest BCUT2D eigenvalue weighted by Gasteiger charge is -2.14. The van der Waals surface area contributed by atoms with E-state index in [2.05, 4.69) is 392 Å². The van der Waals surface area contributed by atoms with E-state index < -0.39 is 0 Å². The van der Waals surface area contributed by atoms with Crippen LogP contribution in [0.3, 0.4) is 0 Å². The van der Waals surface area contributed by atoms with Gasteiger partial charge in [0.05, 0.1) is 0 Å². The fourth-order valence-corrected chi connectivity index (χ4v) is 13.7. The third-order valence-electron chi connectivity index (χ3n) is 21.0. The van der Waals surface area contributed by atoms with Gasteiger partial charge in [-0.3, -0.25) is 0 Å². The zero-order chi connectivity index (χ0) is 81.0. The van der Waals surface area contributed by atoms with E-state index in [9.17, 15) is 0 Å². The first-order valence-corrected chi connectivity index (χ1v) is 42.7. The van der Waals surface area contributed by atoms with Crippen LogP contribution < -0.4 is 0 Å². The van der Waals surface area contributed by atoms with Crippen molar-refractivity contribution in [1.82, 2.24) is 0 Å². The van der Waals surface area contributed by atoms with Crippen molar-refractivity contribution >= 4 is 43.1 Å². The van der Waals surface area contributed by atoms with Crippen LogP contribution in [0.2, 0.25) is 0 Å². The van der Waals surface area contributed by atoms with Crippen molar-refractivity contribution in [3.05, 3.63) is 386 Å². The number of benzene rings is 14. The minimum Gasteiger partial charge on any atom is -0.508 e. The van der Waals surface area contributed by atoms with E-state index in [4.69, 9.17) is 5.11 Å². The Labute approximate surface area is 679 Å². The van der Waals surface area contributed by atoms with E-state index in [1.807, 2.05) is 18.2 Å². The minimum absolute atomic E-state index is 0.337. The van der Waals surface area contributed by atoms with Crippen LogP contribution in [0.1, 0.15) is 232 Å². The lowest BCUT2D eigenvalue weighted by atomic mass is 9.90. The fourth-order valence-electron chi connectivity index (χ4n) is 13.7. The molecule has 14 aromatic rings. The molecule has 0 atom stereocenters. The van der Waals surface area contributed by atoms with Crippen LogP contribution in [0.25, 0.3) is 54.2 Å². The molecule has 1 nitrogen and oxygen atoms in total. The van der Waals surface area contributed by atoms with Gasteiger partial charge in [0.25, 0.3) is 0 Å². The van der Waals surface area contributed by atoms with Crippen LogP contribution in [-0.4, -0.2) is 5.11 Å². The van der Waals surface area contributed by atoms with Crippen LogP contribution in [0.4, 0.5) is 0 Å². The third-order valence-corrected chi connectivity index (χ3v) is 21.0. The number of aryl methyl sites for hydroxylation is 14. The molecule has 0 heterocycles. The Morgan fingerprint density at radius 2 is 0.464 bits per heavy atom. The molecule has 0 radical (unpaired) electrons. The lowest BCUT2D eigenvalue weighted by Crippen LogP contribution is -1.93. The van der Waals surface area contributed by atoms with Crippen molar-refractivity contribution in [3.8, 4) is 16.9 Å². The third kappa shape index (κ3) is 29.2. The summed E-state index contributed by atoms with van der Waals surface area (Å²) in [6.07, 6.45) is 16.9. The number of phenols is 1. The maximum atomic E-state index is 8.94. The molecule has 0 aromatic heterocycles. The quantitative estimate of drug-likeness (QED) is 0.0849. The molecule has 0 fully saturated rings. The van der Waals surface area contributed by atoms with Crippen LogP contribution in [0.15, 0.2) is 297 Å². The number of phenolic OH excluding ortho intramolecular Hbond substituents is 1. The summed E-state index contributed by atoms with van der Waals surface area (Å²) in [4.78, 5) is 0. The van der Waals surface area contributed by atoms with Crippen molar-refractivity contribution in [3.63, 3.8) is 0 Å². The van der Waals surface area contributed by atoms with E-state index in [1.54, 1.807) is 12.1 Å². The molecule has 112 heavy (non-hydrogen) atoms. The predicted octanol–water partition coefficient (Wildman–Crippen LogP) is 31.7. The number of fused-ring (bicyclic) bond motifs is 4. The Balaban J connectivity index is 0.000000201. The van der Waals surface area contributed by atoms with Gasteiger partial charge in [-0.15, -0.1) is 0 Å². The van der Waals surface area contributed by atoms with Gasteiger partial charge in [-0.05, 0) is 257 Å². The maximum Gasteiger partial charge on any atom is 0.115 e. The topological polar surface area (TPSA) is 20.2 Å². The highest BCUT2D eigenvalue weighted by molar-refractivity contribution is 6.06. The molecule has 0 unspecified atom stereocenters. The second kappa shape index (κ2) is 50.7. The zero-order valence-electron chi connectivity index (χ0n) is 72.0. The smallest absolute Gasteiger partial charge is 0.115 e. The average molecular weight is 1490 g/mol. The van der Waals surface area contributed by atoms with Crippen molar-refractivity contribution in [2.75, 3.05) is 0 Å². The predicted molar refractivity (Wildman–Crippen MR) is 499 cm³/mol. The van der Waals surface area contributed by atoms with E-state index in [0.29, 0.717) is 17.6 Å². The molecule has 0 saturated carbocycles. The number of aromatic hydroxyl groups is 1. The number of rotatable bonds is 18. The molecule has 0 aliphatic carbocycles. The molecule has 0 spiro atoms. The highest BCUT2D eigenvalue weighted by atomic mass is 16.3. The van der Waals surface area contributed by atoms with Crippen molar-refractivity contribution in [2.24, 2.45) is 0 Å². The highest BCUT2D eigenvalue weighted by Crippen LogP contribution is 2.34. The molecule has 14 aromatic carbocycles. The van der Waals surface area contributed by atoms with Crippen LogP contribution in [0, 0.1) is 0 Å². The van der Waals surface area contributed by atoms with Gasteiger partial charge in [0.2, 0.25) is 0 Å². The Hall–Kier alpha value is -10.1. The molecule has 1 N–H and O–H groups in total. The highest BCUT2D eigenvalue weighted by Gasteiger charge is 2.11. The monoisotopic (exact) mass is 1490 g/mol. The Morgan fingerprint density at radius 1 is 0.214 bits per heavy atom. The Bertz CT molecular complexity index is 4560. The van der Waals surface area contributed by atoms with Gasteiger partial charge in [0.1, 0.15) is 5.75 Å². The molecule has 0 amide bonds. The summed E-state index contributed by atoms with van der Waals surface area (Å²) < 4.78 is 0. The van der Waals surface area contributed by atoms with Crippen LogP contribution in [-0.2, 0) is 89.9 Å². The molecule has 586 valence electrons. The van der Waals surface area contributed by atoms with E-state index in [0.717, 1.165) is 89.9 Å². The van der Waals surface area contributed by atoms with E-state index in [-0.39, 0.29) is 0 Å². The summed E-state index contributed by atoms with van der Waals surface area (Å²) in [6, 6.07) is 107. The first-order valence-electron chi connectivity index (χ1n) is 42.7. The second-order valence-corrected chi connectivity index (χ2v) is 29.6. The summed E-state index contributed by atoms with van der Waals surface area (Å²) in [5.41, 5.74) is 25.4. The van der Waals surface area contributed by atoms with E-state index >= 15 is 0 Å². The van der Waals surface area contributed by atoms with Crippen molar-refractivity contribution < 1.29 is 5.11 Å². The SMILES string of the molecule is CC(C)c1ccc(O)cc1.CC(C)c1ccccc1.CCC.CCc1c2ccccc2c(CC)c2ccccc12.CCc1ccc(-c2ccc(CC)cc2)cc1.CCc1ccc(CC)cc1.CCc1ccc(CCc2ccc(CC)cc2)cc1.CCc1ccc2cc(CC)ccc2c1.CCc1cccc2c(CC)cccc12. The molecule has 0 saturated heterocycles. The van der Waals surface area contributed by atoms with Crippen LogP contribution >= 0.6 is 0 Å². The second-order valence-electron chi connectivity index (χ2n) is 29.6. The van der Waals surface area contributed by atoms with Gasteiger partial charge in [-0.2, -0.15) is 0 Å². The fraction of sp³-hybridized carbons (Fsp3) is 0.315. The Morgan fingerprint density at radius 3 is 0.723 bits per heavy atom. The van der Waals surface area contributed by atoms with Gasteiger partial charge < -0.3 is 5.11 Å². The molecule has 1 heteroatoms. The van der Waals surface area contributed by atoms with Crippen LogP contribution in [0.5, 0.6) is 5.75 Å². The maximum absolute atomic E-state index is 8.94. The zero-order valence-corrected chi connectivity index (χ0v) is 72.0. The lowest BCUT2D eigenvalue weighted by molar-refractivity contribution is 0.475. The van der Waals surface area contributed by atoms with Gasteiger partial charge in [0, 0.05) is 0 Å². The van der Waals surface area contributed by atoms with Gasteiger partial charge in [-0.25, -0.2) is 0 Å². The summed E-state index contributed by atoms with van der Waals surface area (Å²) >= 11 is 0. The minimum atomic E-state index is 0.337. The summed E-state index contributed by atoms with van der Waals surface area (Å²) in [5.74, 6) is 1.54. The average Bonchev–Trinajstić information content (AvgIpc) is 0.758. The molecule has 0 bridgehead atoms. The number of hydrogen-bond acceptors (Lipinski definition) is 1. The van der Waals surface area contributed by atoms with Gasteiger partial charge in [-0.1, -0.05) is 416 Å². The molecule has 14 rings (SSSR count). The molecule has 0 aliphatic rings. The summed E-state index contributed by atoms with van der Waals surface area (Å²) in [5, 5.41) is 20.2. The first kappa shape index (κ1) is 90.8. The normalized spacial score (nSPS) is 10.4. The first-order chi connectivity index (χ1) is 54.5. The summed E-state index contributed by atoms with van der Waals surface area (Å²) in [6.45, 7) is 39.4. The van der Waals surface area contributed by atoms with Gasteiger partial charge >= 0.3 is 0 Å². The standard InChI is InChI=1S/C18H18.C18H22.C16H18.2C14H16.C10H14.C9H12O.C9H12.C3H8/c1-3-13-15-9-5-7-11-17(15)14(4-2)18-12-8-6-10-16(13)18;1-3-15-5-9-17(10-6-15)13-14-18-11-7-16(4-2)8-12-18;1-3-13-5-9-15(10-6-13)16-11-7-14(4-2)8-12-16;1-3-11-5-7-14-10-12(4-2)6-8-13(14)9-11;1-3-11-7-5-10-14-12(4-2)8-6-9-13(11)14;1-3-9-5-7-10(4-2)8-6-9;1-7(2)8-3-5-9(10)6-4-8;1-8(2)9-6-4-3-5-7-9;1-3-2/h5-12H,3-4H2,1-2H3;5-12H,3-4,13-14H2,1-2H3;5-12H,3-4H2,1-2H3;2*5-10H,3-4H2,1-2H3;5-8H,3-4H2,1-2H3;3-7,10H,1-2H3;3-8H,1-2H3;3H2,1-2H3. The molecular formula is C111H136O. The van der Waals surface area contributed by atoms with Gasteiger partial charge in [0.15, 0.2) is 0 Å².